The lowest BCUT2D eigenvalue weighted by molar-refractivity contribution is -0.144. The molecule has 0 radical (unpaired) electrons. The van der Waals surface area contributed by atoms with Crippen LogP contribution >= 0.6 is 0 Å². The number of piperazine rings is 2. The molecule has 1 N–H and O–H groups in total. The van der Waals surface area contributed by atoms with E-state index in [4.69, 9.17) is 0 Å². The average Bonchev–Trinajstić information content (AvgIpc) is 2.42. The lowest BCUT2D eigenvalue weighted by Gasteiger charge is -2.47. The zero-order valence-corrected chi connectivity index (χ0v) is 11.6. The van der Waals surface area contributed by atoms with Crippen molar-refractivity contribution in [2.75, 3.05) is 33.2 Å². The van der Waals surface area contributed by atoms with Crippen LogP contribution in [-0.2, 0) is 4.79 Å². The van der Waals surface area contributed by atoms with E-state index in [9.17, 15) is 4.79 Å². The maximum absolute atomic E-state index is 12.6. The van der Waals surface area contributed by atoms with Gasteiger partial charge in [0.05, 0.1) is 0 Å². The first kappa shape index (κ1) is 12.6. The van der Waals surface area contributed by atoms with Crippen LogP contribution < -0.4 is 5.32 Å². The lowest BCUT2D eigenvalue weighted by Crippen LogP contribution is -2.63. The van der Waals surface area contributed by atoms with E-state index in [1.807, 2.05) is 24.1 Å². The Hall–Kier alpha value is -1.39. The van der Waals surface area contributed by atoms with Crippen molar-refractivity contribution in [2.45, 2.75) is 19.0 Å². The first-order valence-corrected chi connectivity index (χ1v) is 6.95. The maximum atomic E-state index is 12.6. The fourth-order valence-electron chi connectivity index (χ4n) is 3.25. The Morgan fingerprint density at radius 3 is 2.89 bits per heavy atom. The molecule has 102 valence electrons. The highest BCUT2D eigenvalue weighted by Gasteiger charge is 2.41. The Labute approximate surface area is 114 Å². The molecule has 2 fully saturated rings. The van der Waals surface area contributed by atoms with Crippen molar-refractivity contribution < 1.29 is 4.79 Å². The average molecular weight is 259 g/mol. The summed E-state index contributed by atoms with van der Waals surface area (Å²) >= 11 is 0. The number of amides is 1. The van der Waals surface area contributed by atoms with Gasteiger partial charge in [0.2, 0.25) is 5.91 Å². The van der Waals surface area contributed by atoms with Crippen LogP contribution in [-0.4, -0.2) is 55.0 Å². The number of likely N-dealkylation sites (N-methyl/N-ethyl adjacent to an activating group) is 1. The summed E-state index contributed by atoms with van der Waals surface area (Å²) in [6.45, 7) is 5.81. The molecule has 2 aliphatic rings. The van der Waals surface area contributed by atoms with Crippen molar-refractivity contribution in [3.8, 4) is 0 Å². The molecular formula is C15H21N3O. The van der Waals surface area contributed by atoms with Gasteiger partial charge in [0, 0.05) is 39.3 Å². The topological polar surface area (TPSA) is 35.6 Å². The van der Waals surface area contributed by atoms with Crippen molar-refractivity contribution >= 4 is 5.91 Å². The number of hydrogen-bond acceptors (Lipinski definition) is 3. The van der Waals surface area contributed by atoms with Gasteiger partial charge in [-0.25, -0.2) is 0 Å². The van der Waals surface area contributed by atoms with Gasteiger partial charge in [-0.05, 0) is 18.1 Å². The van der Waals surface area contributed by atoms with Crippen LogP contribution in [0.4, 0.5) is 0 Å². The number of hydrogen-bond donors (Lipinski definition) is 1. The smallest absolute Gasteiger partial charge is 0.244 e. The minimum absolute atomic E-state index is 0.105. The highest BCUT2D eigenvalue weighted by atomic mass is 16.2. The van der Waals surface area contributed by atoms with Crippen molar-refractivity contribution in [2.24, 2.45) is 0 Å². The lowest BCUT2D eigenvalue weighted by atomic mass is 9.94. The molecule has 19 heavy (non-hydrogen) atoms. The standard InChI is InChI=1S/C15H21N3O/c1-11-5-3-4-6-13(11)14-15(19)17(2)10-12-9-16-7-8-18(12)14/h3-6,12,14,16H,7-10H2,1-2H3. The second-order valence-electron chi connectivity index (χ2n) is 5.57. The molecular weight excluding hydrogens is 238 g/mol. The van der Waals surface area contributed by atoms with E-state index in [1.54, 1.807) is 0 Å². The zero-order chi connectivity index (χ0) is 13.4. The third-order valence-corrected chi connectivity index (χ3v) is 4.31. The van der Waals surface area contributed by atoms with Crippen LogP contribution in [0.5, 0.6) is 0 Å². The molecule has 2 aliphatic heterocycles. The van der Waals surface area contributed by atoms with E-state index < -0.39 is 0 Å². The predicted molar refractivity (Wildman–Crippen MR) is 74.9 cm³/mol. The van der Waals surface area contributed by atoms with Crippen molar-refractivity contribution in [1.82, 2.24) is 15.1 Å². The molecule has 0 aliphatic carbocycles. The molecule has 1 aromatic rings. The van der Waals surface area contributed by atoms with Gasteiger partial charge in [0.1, 0.15) is 6.04 Å². The Bertz CT molecular complexity index is 488. The van der Waals surface area contributed by atoms with Crippen LogP contribution in [0.15, 0.2) is 24.3 Å². The molecule has 0 spiro atoms. The quantitative estimate of drug-likeness (QED) is 0.809. The number of nitrogens with zero attached hydrogens (tertiary/aromatic N) is 2. The van der Waals surface area contributed by atoms with E-state index >= 15 is 0 Å². The Kier molecular flexibility index (Phi) is 3.29. The molecule has 1 aromatic carbocycles. The molecule has 2 saturated heterocycles. The molecule has 2 unspecified atom stereocenters. The number of carbonyl (C=O) groups excluding carboxylic acids is 1. The number of nitrogens with one attached hydrogen (secondary N) is 1. The number of fused-ring (bicyclic) bond motifs is 1. The fourth-order valence-corrected chi connectivity index (χ4v) is 3.25. The summed E-state index contributed by atoms with van der Waals surface area (Å²) in [7, 11) is 1.92. The number of benzene rings is 1. The van der Waals surface area contributed by atoms with E-state index in [0.29, 0.717) is 6.04 Å². The van der Waals surface area contributed by atoms with E-state index in [-0.39, 0.29) is 11.9 Å². The van der Waals surface area contributed by atoms with Gasteiger partial charge in [0.15, 0.2) is 0 Å². The molecule has 3 rings (SSSR count). The molecule has 2 atom stereocenters. The third kappa shape index (κ3) is 2.15. The Morgan fingerprint density at radius 1 is 1.32 bits per heavy atom. The van der Waals surface area contributed by atoms with Crippen molar-refractivity contribution in [3.63, 3.8) is 0 Å². The Morgan fingerprint density at radius 2 is 2.11 bits per heavy atom. The normalized spacial score (nSPS) is 28.3. The predicted octanol–water partition coefficient (Wildman–Crippen LogP) is 0.782. The minimum Gasteiger partial charge on any atom is -0.342 e. The summed E-state index contributed by atoms with van der Waals surface area (Å²) in [5.41, 5.74) is 2.36. The maximum Gasteiger partial charge on any atom is 0.244 e. The summed E-state index contributed by atoms with van der Waals surface area (Å²) in [5, 5.41) is 3.43. The third-order valence-electron chi connectivity index (χ3n) is 4.31. The molecule has 0 bridgehead atoms. The Balaban J connectivity index is 2.00. The van der Waals surface area contributed by atoms with Gasteiger partial charge in [-0.3, -0.25) is 9.69 Å². The molecule has 2 heterocycles. The summed E-state index contributed by atoms with van der Waals surface area (Å²) in [6, 6.07) is 8.57. The number of carbonyl (C=O) groups is 1. The summed E-state index contributed by atoms with van der Waals surface area (Å²) < 4.78 is 0. The molecule has 1 amide bonds. The van der Waals surface area contributed by atoms with Crippen LogP contribution in [0.25, 0.3) is 0 Å². The first-order valence-electron chi connectivity index (χ1n) is 6.95. The van der Waals surface area contributed by atoms with E-state index in [2.05, 4.69) is 29.3 Å². The van der Waals surface area contributed by atoms with Gasteiger partial charge >= 0.3 is 0 Å². The highest BCUT2D eigenvalue weighted by molar-refractivity contribution is 5.84. The van der Waals surface area contributed by atoms with E-state index in [0.717, 1.165) is 31.7 Å². The second kappa shape index (κ2) is 4.94. The summed E-state index contributed by atoms with van der Waals surface area (Å²) in [5.74, 6) is 0.229. The zero-order valence-electron chi connectivity index (χ0n) is 11.6. The van der Waals surface area contributed by atoms with Crippen molar-refractivity contribution in [3.05, 3.63) is 35.4 Å². The van der Waals surface area contributed by atoms with Crippen molar-refractivity contribution in [1.29, 1.82) is 0 Å². The van der Waals surface area contributed by atoms with Crippen LogP contribution in [0.1, 0.15) is 17.2 Å². The minimum atomic E-state index is -0.105. The highest BCUT2D eigenvalue weighted by Crippen LogP contribution is 2.31. The van der Waals surface area contributed by atoms with Gasteiger partial charge in [0.25, 0.3) is 0 Å². The summed E-state index contributed by atoms with van der Waals surface area (Å²) in [6.07, 6.45) is 0. The molecule has 0 aromatic heterocycles. The van der Waals surface area contributed by atoms with Gasteiger partial charge in [-0.1, -0.05) is 24.3 Å². The van der Waals surface area contributed by atoms with E-state index in [1.165, 1.54) is 5.56 Å². The van der Waals surface area contributed by atoms with Crippen LogP contribution in [0.3, 0.4) is 0 Å². The number of rotatable bonds is 1. The van der Waals surface area contributed by atoms with Gasteiger partial charge < -0.3 is 10.2 Å². The fraction of sp³-hybridized carbons (Fsp3) is 0.533. The van der Waals surface area contributed by atoms with Gasteiger partial charge in [-0.15, -0.1) is 0 Å². The van der Waals surface area contributed by atoms with Gasteiger partial charge in [-0.2, -0.15) is 0 Å². The van der Waals surface area contributed by atoms with Crippen LogP contribution in [0, 0.1) is 6.92 Å². The SMILES string of the molecule is Cc1ccccc1C1C(=O)N(C)CC2CNCCN21. The molecule has 4 heteroatoms. The number of aryl methyl sites for hydroxylation is 1. The second-order valence-corrected chi connectivity index (χ2v) is 5.57. The van der Waals surface area contributed by atoms with Crippen LogP contribution in [0.2, 0.25) is 0 Å². The monoisotopic (exact) mass is 259 g/mol. The first-order chi connectivity index (χ1) is 9.18. The molecule has 0 saturated carbocycles. The largest absolute Gasteiger partial charge is 0.342 e. The molecule has 4 nitrogen and oxygen atoms in total. The summed E-state index contributed by atoms with van der Waals surface area (Å²) in [4.78, 5) is 16.9.